The molecule has 0 radical (unpaired) electrons. The summed E-state index contributed by atoms with van der Waals surface area (Å²) in [6.45, 7) is 3.52. The van der Waals surface area contributed by atoms with Gasteiger partial charge in [0, 0.05) is 30.5 Å². The third kappa shape index (κ3) is 4.07. The number of carbonyl (C=O) groups is 1. The predicted octanol–water partition coefficient (Wildman–Crippen LogP) is 1.03. The SMILES string of the molecule is Cc1ccc(Cc2cc(C(=O)NC3COCCC3O)nc3c2OCCO3)cn1. The molecule has 2 aromatic rings. The molecular formula is C20H23N3O5. The van der Waals surface area contributed by atoms with Crippen LogP contribution >= 0.6 is 0 Å². The first-order valence-corrected chi connectivity index (χ1v) is 9.38. The molecule has 2 unspecified atom stereocenters. The minimum absolute atomic E-state index is 0.220. The van der Waals surface area contributed by atoms with Crippen molar-refractivity contribution in [1.29, 1.82) is 0 Å². The van der Waals surface area contributed by atoms with Crippen molar-refractivity contribution in [3.05, 3.63) is 46.9 Å². The Labute approximate surface area is 162 Å². The van der Waals surface area contributed by atoms with Crippen molar-refractivity contribution >= 4 is 5.91 Å². The standard InChI is InChI=1S/C20H23N3O5/c1-12-2-3-13(10-21-12)8-14-9-15(23-20-18(14)27-6-7-28-20)19(25)22-16-11-26-5-4-17(16)24/h2-3,9-10,16-17,24H,4-8,11H2,1H3,(H,22,25). The van der Waals surface area contributed by atoms with E-state index in [1.54, 1.807) is 12.3 Å². The zero-order valence-electron chi connectivity index (χ0n) is 15.7. The molecule has 0 aliphatic carbocycles. The van der Waals surface area contributed by atoms with E-state index in [0.717, 1.165) is 16.8 Å². The summed E-state index contributed by atoms with van der Waals surface area (Å²) in [6, 6.07) is 5.19. The van der Waals surface area contributed by atoms with Gasteiger partial charge in [-0.25, -0.2) is 4.98 Å². The van der Waals surface area contributed by atoms with E-state index in [2.05, 4.69) is 15.3 Å². The number of nitrogens with one attached hydrogen (secondary N) is 1. The summed E-state index contributed by atoms with van der Waals surface area (Å²) < 4.78 is 16.7. The van der Waals surface area contributed by atoms with Gasteiger partial charge in [-0.1, -0.05) is 6.07 Å². The Hall–Kier alpha value is -2.71. The molecule has 0 bridgehead atoms. The highest BCUT2D eigenvalue weighted by atomic mass is 16.6. The normalized spacial score (nSPS) is 21.2. The quantitative estimate of drug-likeness (QED) is 0.810. The van der Waals surface area contributed by atoms with Crippen LogP contribution in [0, 0.1) is 6.92 Å². The van der Waals surface area contributed by atoms with E-state index in [9.17, 15) is 9.90 Å². The van der Waals surface area contributed by atoms with Crippen molar-refractivity contribution in [2.24, 2.45) is 0 Å². The molecule has 1 saturated heterocycles. The van der Waals surface area contributed by atoms with Gasteiger partial charge in [0.25, 0.3) is 11.8 Å². The molecule has 148 valence electrons. The van der Waals surface area contributed by atoms with Gasteiger partial charge in [0.05, 0.1) is 18.8 Å². The Kier molecular flexibility index (Phi) is 5.40. The predicted molar refractivity (Wildman–Crippen MR) is 99.7 cm³/mol. The van der Waals surface area contributed by atoms with Crippen molar-refractivity contribution in [3.63, 3.8) is 0 Å². The molecule has 4 heterocycles. The van der Waals surface area contributed by atoms with Crippen LogP contribution in [-0.4, -0.2) is 59.6 Å². The molecule has 2 aliphatic rings. The zero-order chi connectivity index (χ0) is 19.5. The molecule has 4 rings (SSSR count). The van der Waals surface area contributed by atoms with Crippen molar-refractivity contribution in [1.82, 2.24) is 15.3 Å². The molecule has 28 heavy (non-hydrogen) atoms. The van der Waals surface area contributed by atoms with Crippen LogP contribution in [0.1, 0.15) is 33.7 Å². The number of amides is 1. The largest absolute Gasteiger partial charge is 0.484 e. The van der Waals surface area contributed by atoms with Crippen LogP contribution in [0.15, 0.2) is 24.4 Å². The number of hydrogen-bond donors (Lipinski definition) is 2. The maximum Gasteiger partial charge on any atom is 0.270 e. The fourth-order valence-corrected chi connectivity index (χ4v) is 3.27. The number of carbonyl (C=O) groups excluding carboxylic acids is 1. The third-order valence-electron chi connectivity index (χ3n) is 4.82. The topological polar surface area (TPSA) is 103 Å². The second-order valence-corrected chi connectivity index (χ2v) is 6.99. The molecule has 0 saturated carbocycles. The second kappa shape index (κ2) is 8.12. The molecule has 8 heteroatoms. The van der Waals surface area contributed by atoms with Gasteiger partial charge in [-0.3, -0.25) is 9.78 Å². The summed E-state index contributed by atoms with van der Waals surface area (Å²) >= 11 is 0. The average Bonchev–Trinajstić information content (AvgIpc) is 2.71. The van der Waals surface area contributed by atoms with Gasteiger partial charge in [-0.15, -0.1) is 0 Å². The highest BCUT2D eigenvalue weighted by Gasteiger charge is 2.28. The summed E-state index contributed by atoms with van der Waals surface area (Å²) in [5.41, 5.74) is 2.96. The Morgan fingerprint density at radius 3 is 2.93 bits per heavy atom. The van der Waals surface area contributed by atoms with Crippen LogP contribution in [0.2, 0.25) is 0 Å². The highest BCUT2D eigenvalue weighted by Crippen LogP contribution is 2.34. The number of aliphatic hydroxyl groups excluding tert-OH is 1. The van der Waals surface area contributed by atoms with Crippen LogP contribution in [0.5, 0.6) is 11.6 Å². The number of rotatable bonds is 4. The fourth-order valence-electron chi connectivity index (χ4n) is 3.27. The number of aliphatic hydroxyl groups is 1. The molecule has 0 aromatic carbocycles. The lowest BCUT2D eigenvalue weighted by atomic mass is 10.0. The van der Waals surface area contributed by atoms with Crippen molar-refractivity contribution in [2.45, 2.75) is 31.9 Å². The summed E-state index contributed by atoms with van der Waals surface area (Å²) in [5, 5.41) is 12.9. The van der Waals surface area contributed by atoms with Crippen LogP contribution in [0.25, 0.3) is 0 Å². The fraction of sp³-hybridized carbons (Fsp3) is 0.450. The first-order valence-electron chi connectivity index (χ1n) is 9.38. The monoisotopic (exact) mass is 385 g/mol. The number of aryl methyl sites for hydroxylation is 1. The smallest absolute Gasteiger partial charge is 0.270 e. The van der Waals surface area contributed by atoms with E-state index in [1.807, 2.05) is 19.1 Å². The van der Waals surface area contributed by atoms with Gasteiger partial charge < -0.3 is 24.6 Å². The molecule has 2 aromatic heterocycles. The van der Waals surface area contributed by atoms with E-state index < -0.39 is 12.1 Å². The zero-order valence-corrected chi connectivity index (χ0v) is 15.7. The molecule has 0 spiro atoms. The van der Waals surface area contributed by atoms with E-state index in [1.165, 1.54) is 0 Å². The van der Waals surface area contributed by atoms with E-state index in [0.29, 0.717) is 44.3 Å². The Morgan fingerprint density at radius 1 is 1.29 bits per heavy atom. The lowest BCUT2D eigenvalue weighted by Crippen LogP contribution is -2.49. The molecule has 2 aliphatic heterocycles. The Balaban J connectivity index is 1.60. The van der Waals surface area contributed by atoms with Gasteiger partial charge in [0.1, 0.15) is 18.9 Å². The number of nitrogens with zero attached hydrogens (tertiary/aromatic N) is 2. The van der Waals surface area contributed by atoms with Gasteiger partial charge in [-0.2, -0.15) is 0 Å². The van der Waals surface area contributed by atoms with Crippen molar-refractivity contribution < 1.29 is 24.1 Å². The number of hydrogen-bond acceptors (Lipinski definition) is 7. The molecular weight excluding hydrogens is 362 g/mol. The first kappa shape index (κ1) is 18.6. The number of ether oxygens (including phenoxy) is 3. The number of fused-ring (bicyclic) bond motifs is 1. The van der Waals surface area contributed by atoms with Gasteiger partial charge >= 0.3 is 0 Å². The average molecular weight is 385 g/mol. The molecule has 2 atom stereocenters. The van der Waals surface area contributed by atoms with E-state index in [-0.39, 0.29) is 18.2 Å². The lowest BCUT2D eigenvalue weighted by Gasteiger charge is -2.28. The van der Waals surface area contributed by atoms with Crippen LogP contribution in [0.3, 0.4) is 0 Å². The molecule has 2 N–H and O–H groups in total. The number of aromatic nitrogens is 2. The van der Waals surface area contributed by atoms with Crippen molar-refractivity contribution in [3.8, 4) is 11.6 Å². The highest BCUT2D eigenvalue weighted by molar-refractivity contribution is 5.93. The van der Waals surface area contributed by atoms with E-state index in [4.69, 9.17) is 14.2 Å². The summed E-state index contributed by atoms with van der Waals surface area (Å²) in [7, 11) is 0. The van der Waals surface area contributed by atoms with E-state index >= 15 is 0 Å². The number of pyridine rings is 2. The first-order chi connectivity index (χ1) is 13.6. The minimum Gasteiger partial charge on any atom is -0.484 e. The van der Waals surface area contributed by atoms with Crippen LogP contribution < -0.4 is 14.8 Å². The Morgan fingerprint density at radius 2 is 2.14 bits per heavy atom. The summed E-state index contributed by atoms with van der Waals surface area (Å²) in [6.07, 6.45) is 2.21. The van der Waals surface area contributed by atoms with Gasteiger partial charge in [0.15, 0.2) is 5.75 Å². The van der Waals surface area contributed by atoms with Gasteiger partial charge in [0.2, 0.25) is 0 Å². The summed E-state index contributed by atoms with van der Waals surface area (Å²) in [5.74, 6) is 0.494. The lowest BCUT2D eigenvalue weighted by molar-refractivity contribution is -0.0140. The second-order valence-electron chi connectivity index (χ2n) is 6.99. The maximum atomic E-state index is 12.7. The Bertz CT molecular complexity index is 856. The summed E-state index contributed by atoms with van der Waals surface area (Å²) in [4.78, 5) is 21.4. The van der Waals surface area contributed by atoms with Crippen molar-refractivity contribution in [2.75, 3.05) is 26.4 Å². The van der Waals surface area contributed by atoms with Crippen LogP contribution in [-0.2, 0) is 11.2 Å². The molecule has 8 nitrogen and oxygen atoms in total. The third-order valence-corrected chi connectivity index (χ3v) is 4.82. The molecule has 1 fully saturated rings. The molecule has 1 amide bonds. The maximum absolute atomic E-state index is 12.7. The minimum atomic E-state index is -0.631. The van der Waals surface area contributed by atoms with Crippen LogP contribution in [0.4, 0.5) is 0 Å². The van der Waals surface area contributed by atoms with Gasteiger partial charge in [-0.05, 0) is 31.0 Å².